The van der Waals surface area contributed by atoms with Gasteiger partial charge in [0, 0.05) is 50.3 Å². The third-order valence-electron chi connectivity index (χ3n) is 7.43. The fraction of sp³-hybridized carbons (Fsp3) is 0.467. The molecule has 0 unspecified atom stereocenters. The second-order valence-electron chi connectivity index (χ2n) is 9.83. The van der Waals surface area contributed by atoms with E-state index in [9.17, 15) is 0 Å². The van der Waals surface area contributed by atoms with Crippen LogP contribution >= 0.6 is 0 Å². The fourth-order valence-corrected chi connectivity index (χ4v) is 5.44. The van der Waals surface area contributed by atoms with Crippen molar-refractivity contribution >= 4 is 16.5 Å². The van der Waals surface area contributed by atoms with Crippen LogP contribution in [0.25, 0.3) is 10.8 Å². The van der Waals surface area contributed by atoms with Crippen molar-refractivity contribution in [2.24, 2.45) is 0 Å². The molecule has 3 aromatic rings. The van der Waals surface area contributed by atoms with Crippen LogP contribution in [0.15, 0.2) is 66.7 Å². The van der Waals surface area contributed by atoms with Gasteiger partial charge in [0.2, 0.25) is 0 Å². The average molecular weight is 458 g/mol. The van der Waals surface area contributed by atoms with Gasteiger partial charge in [-0.2, -0.15) is 0 Å². The minimum absolute atomic E-state index is 0.816. The minimum atomic E-state index is 0.816. The molecule has 4 heteroatoms. The Balaban J connectivity index is 1.05. The summed E-state index contributed by atoms with van der Waals surface area (Å²) >= 11 is 0. The summed E-state index contributed by atoms with van der Waals surface area (Å²) in [7, 11) is 0. The van der Waals surface area contributed by atoms with Gasteiger partial charge in [-0.05, 0) is 67.9 Å². The van der Waals surface area contributed by atoms with Gasteiger partial charge in [-0.1, -0.05) is 55.0 Å². The van der Waals surface area contributed by atoms with E-state index in [4.69, 9.17) is 4.74 Å². The molecule has 4 nitrogen and oxygen atoms in total. The molecular formula is C30H39N3O. The Morgan fingerprint density at radius 3 is 2.32 bits per heavy atom. The normalized spacial score (nSPS) is 17.8. The Hall–Kier alpha value is -2.56. The Morgan fingerprint density at radius 2 is 1.44 bits per heavy atom. The van der Waals surface area contributed by atoms with Crippen LogP contribution in [-0.2, 0) is 6.42 Å². The van der Waals surface area contributed by atoms with Crippen LogP contribution < -0.4 is 9.64 Å². The first-order chi connectivity index (χ1) is 16.8. The van der Waals surface area contributed by atoms with Crippen molar-refractivity contribution in [2.75, 3.05) is 63.9 Å². The number of ether oxygens (including phenoxy) is 1. The van der Waals surface area contributed by atoms with Crippen molar-refractivity contribution in [2.45, 2.75) is 32.1 Å². The smallest absolute Gasteiger partial charge is 0.119 e. The lowest BCUT2D eigenvalue weighted by Gasteiger charge is -2.36. The summed E-state index contributed by atoms with van der Waals surface area (Å²) in [6.45, 7) is 10.1. The van der Waals surface area contributed by atoms with E-state index in [1.807, 2.05) is 0 Å². The van der Waals surface area contributed by atoms with E-state index in [0.717, 1.165) is 57.9 Å². The van der Waals surface area contributed by atoms with Crippen LogP contribution in [0.5, 0.6) is 5.75 Å². The molecule has 0 amide bonds. The molecule has 3 aromatic carbocycles. The van der Waals surface area contributed by atoms with Crippen LogP contribution in [-0.4, -0.2) is 68.8 Å². The third kappa shape index (κ3) is 6.11. The lowest BCUT2D eigenvalue weighted by Crippen LogP contribution is -2.47. The maximum Gasteiger partial charge on any atom is 0.119 e. The van der Waals surface area contributed by atoms with Crippen molar-refractivity contribution in [3.63, 3.8) is 0 Å². The Bertz CT molecular complexity index is 1030. The van der Waals surface area contributed by atoms with E-state index in [2.05, 4.69) is 81.4 Å². The SMILES string of the molecule is c1cc(CCN2CCN(c3cccc4ccccc34)CC2)cc(OCCCN2CCCCC2)c1. The topological polar surface area (TPSA) is 19.0 Å². The van der Waals surface area contributed by atoms with Gasteiger partial charge < -0.3 is 14.5 Å². The number of rotatable bonds is 9. The number of fused-ring (bicyclic) bond motifs is 1. The molecule has 2 aliphatic rings. The van der Waals surface area contributed by atoms with Crippen LogP contribution in [0.3, 0.4) is 0 Å². The van der Waals surface area contributed by atoms with E-state index in [0.29, 0.717) is 0 Å². The number of nitrogens with zero attached hydrogens (tertiary/aromatic N) is 3. The number of hydrogen-bond acceptors (Lipinski definition) is 4. The Labute approximate surface area is 205 Å². The average Bonchev–Trinajstić information content (AvgIpc) is 2.91. The van der Waals surface area contributed by atoms with Gasteiger partial charge in [-0.15, -0.1) is 0 Å². The molecule has 0 saturated carbocycles. The monoisotopic (exact) mass is 457 g/mol. The summed E-state index contributed by atoms with van der Waals surface area (Å²) < 4.78 is 6.08. The number of hydrogen-bond donors (Lipinski definition) is 0. The van der Waals surface area contributed by atoms with E-state index in [1.165, 1.54) is 60.9 Å². The highest BCUT2D eigenvalue weighted by Crippen LogP contribution is 2.27. The number of benzene rings is 3. The van der Waals surface area contributed by atoms with Crippen LogP contribution in [0.1, 0.15) is 31.2 Å². The van der Waals surface area contributed by atoms with Gasteiger partial charge in [0.25, 0.3) is 0 Å². The summed E-state index contributed by atoms with van der Waals surface area (Å²) in [6, 6.07) is 24.1. The molecular weight excluding hydrogens is 418 g/mol. The molecule has 2 saturated heterocycles. The molecule has 5 rings (SSSR count). The molecule has 2 fully saturated rings. The van der Waals surface area contributed by atoms with E-state index >= 15 is 0 Å². The van der Waals surface area contributed by atoms with Gasteiger partial charge in [-0.25, -0.2) is 0 Å². The van der Waals surface area contributed by atoms with Crippen molar-refractivity contribution < 1.29 is 4.74 Å². The first kappa shape index (κ1) is 23.2. The highest BCUT2D eigenvalue weighted by atomic mass is 16.5. The molecule has 0 N–H and O–H groups in total. The van der Waals surface area contributed by atoms with Crippen molar-refractivity contribution in [3.8, 4) is 5.75 Å². The largest absolute Gasteiger partial charge is 0.494 e. The standard InChI is InChI=1S/C30H39N3O/c1-4-16-31(17-5-1)18-8-24-34-28-12-6-9-26(25-28)15-19-32-20-22-33(23-21-32)30-14-7-11-27-10-2-3-13-29(27)30/h2-3,6-7,9-14,25H,1,4-5,8,15-24H2. The van der Waals surface area contributed by atoms with Gasteiger partial charge in [0.1, 0.15) is 5.75 Å². The van der Waals surface area contributed by atoms with Crippen LogP contribution in [0.2, 0.25) is 0 Å². The first-order valence-electron chi connectivity index (χ1n) is 13.2. The van der Waals surface area contributed by atoms with Crippen molar-refractivity contribution in [3.05, 3.63) is 72.3 Å². The van der Waals surface area contributed by atoms with Gasteiger partial charge in [0.05, 0.1) is 6.61 Å². The number of anilines is 1. The Morgan fingerprint density at radius 1 is 0.676 bits per heavy atom. The fourth-order valence-electron chi connectivity index (χ4n) is 5.44. The third-order valence-corrected chi connectivity index (χ3v) is 7.43. The molecule has 0 radical (unpaired) electrons. The second-order valence-corrected chi connectivity index (χ2v) is 9.83. The van der Waals surface area contributed by atoms with Gasteiger partial charge in [0.15, 0.2) is 0 Å². The van der Waals surface area contributed by atoms with E-state index < -0.39 is 0 Å². The quantitative estimate of drug-likeness (QED) is 0.397. The lowest BCUT2D eigenvalue weighted by molar-refractivity contribution is 0.205. The molecule has 0 atom stereocenters. The van der Waals surface area contributed by atoms with Crippen LogP contribution in [0.4, 0.5) is 5.69 Å². The zero-order valence-corrected chi connectivity index (χ0v) is 20.5. The molecule has 0 bridgehead atoms. The zero-order valence-electron chi connectivity index (χ0n) is 20.5. The molecule has 0 spiro atoms. The number of likely N-dealkylation sites (tertiary alicyclic amines) is 1. The second kappa shape index (κ2) is 11.7. The predicted molar refractivity (Wildman–Crippen MR) is 143 cm³/mol. The summed E-state index contributed by atoms with van der Waals surface area (Å²) in [5, 5.41) is 2.70. The summed E-state index contributed by atoms with van der Waals surface area (Å²) in [6.07, 6.45) is 6.33. The molecule has 2 aliphatic heterocycles. The summed E-state index contributed by atoms with van der Waals surface area (Å²) in [5.74, 6) is 1.02. The maximum absolute atomic E-state index is 6.08. The maximum atomic E-state index is 6.08. The molecule has 0 aliphatic carbocycles. The molecule has 180 valence electrons. The van der Waals surface area contributed by atoms with Crippen molar-refractivity contribution in [1.82, 2.24) is 9.80 Å². The summed E-state index contributed by atoms with van der Waals surface area (Å²) in [5.41, 5.74) is 2.76. The zero-order chi connectivity index (χ0) is 23.0. The first-order valence-corrected chi connectivity index (χ1v) is 13.2. The van der Waals surface area contributed by atoms with Crippen LogP contribution in [0, 0.1) is 0 Å². The Kier molecular flexibility index (Phi) is 8.00. The lowest BCUT2D eigenvalue weighted by atomic mass is 10.1. The molecule has 34 heavy (non-hydrogen) atoms. The molecule has 2 heterocycles. The predicted octanol–water partition coefficient (Wildman–Crippen LogP) is 5.46. The van der Waals surface area contributed by atoms with Crippen molar-refractivity contribution in [1.29, 1.82) is 0 Å². The minimum Gasteiger partial charge on any atom is -0.494 e. The summed E-state index contributed by atoms with van der Waals surface area (Å²) in [4.78, 5) is 7.74. The van der Waals surface area contributed by atoms with Gasteiger partial charge >= 0.3 is 0 Å². The number of piperidine rings is 1. The highest BCUT2D eigenvalue weighted by molar-refractivity contribution is 5.94. The highest BCUT2D eigenvalue weighted by Gasteiger charge is 2.18. The van der Waals surface area contributed by atoms with E-state index in [-0.39, 0.29) is 0 Å². The van der Waals surface area contributed by atoms with Gasteiger partial charge in [-0.3, -0.25) is 4.90 Å². The number of piperazine rings is 1. The van der Waals surface area contributed by atoms with E-state index in [1.54, 1.807) is 0 Å². The molecule has 0 aromatic heterocycles.